The lowest BCUT2D eigenvalue weighted by molar-refractivity contribution is -0.127. The van der Waals surface area contributed by atoms with Gasteiger partial charge in [-0.1, -0.05) is 13.3 Å². The van der Waals surface area contributed by atoms with Crippen molar-refractivity contribution in [3.8, 4) is 0 Å². The molecule has 0 aromatic rings. The molecule has 0 N–H and O–H groups in total. The SMILES string of the molecule is CCCCN(C)C(C)CCN(C)C(C)=O. The second kappa shape index (κ2) is 7.69. The summed E-state index contributed by atoms with van der Waals surface area (Å²) in [4.78, 5) is 15.2. The fraction of sp³-hybridized carbons (Fsp3) is 0.917. The van der Waals surface area contributed by atoms with E-state index in [-0.39, 0.29) is 5.91 Å². The largest absolute Gasteiger partial charge is 0.346 e. The first kappa shape index (κ1) is 14.4. The number of unbranched alkanes of at least 4 members (excludes halogenated alkanes) is 1. The van der Waals surface area contributed by atoms with Crippen molar-refractivity contribution in [3.63, 3.8) is 0 Å². The van der Waals surface area contributed by atoms with E-state index in [1.54, 1.807) is 11.8 Å². The number of hydrogen-bond donors (Lipinski definition) is 0. The summed E-state index contributed by atoms with van der Waals surface area (Å²) in [7, 11) is 4.02. The second-order valence-electron chi connectivity index (χ2n) is 4.41. The Kier molecular flexibility index (Phi) is 7.39. The van der Waals surface area contributed by atoms with E-state index in [1.807, 2.05) is 7.05 Å². The van der Waals surface area contributed by atoms with Gasteiger partial charge in [0.1, 0.15) is 0 Å². The smallest absolute Gasteiger partial charge is 0.219 e. The molecule has 0 rings (SSSR count). The summed E-state index contributed by atoms with van der Waals surface area (Å²) in [6.45, 7) is 8.06. The average Bonchev–Trinajstić information content (AvgIpc) is 2.21. The molecule has 0 aliphatic carbocycles. The van der Waals surface area contributed by atoms with Crippen LogP contribution in [-0.4, -0.2) is 48.9 Å². The van der Waals surface area contributed by atoms with E-state index in [1.165, 1.54) is 12.8 Å². The number of nitrogens with zero attached hydrogens (tertiary/aromatic N) is 2. The maximum absolute atomic E-state index is 11.0. The molecular weight excluding hydrogens is 188 g/mol. The van der Waals surface area contributed by atoms with E-state index in [2.05, 4.69) is 25.8 Å². The van der Waals surface area contributed by atoms with Crippen molar-refractivity contribution in [2.75, 3.05) is 27.2 Å². The normalized spacial score (nSPS) is 12.9. The van der Waals surface area contributed by atoms with Crippen LogP contribution in [0.5, 0.6) is 0 Å². The quantitative estimate of drug-likeness (QED) is 0.647. The van der Waals surface area contributed by atoms with Gasteiger partial charge in [-0.05, 0) is 33.4 Å². The summed E-state index contributed by atoms with van der Waals surface area (Å²) in [6.07, 6.45) is 3.55. The maximum atomic E-state index is 11.0. The number of carbonyl (C=O) groups excluding carboxylic acids is 1. The average molecular weight is 214 g/mol. The second-order valence-corrected chi connectivity index (χ2v) is 4.41. The molecular formula is C12H26N2O. The predicted molar refractivity (Wildman–Crippen MR) is 64.9 cm³/mol. The fourth-order valence-corrected chi connectivity index (χ4v) is 1.39. The summed E-state index contributed by atoms with van der Waals surface area (Å²) in [5.41, 5.74) is 0. The van der Waals surface area contributed by atoms with Crippen molar-refractivity contribution < 1.29 is 4.79 Å². The summed E-state index contributed by atoms with van der Waals surface area (Å²) < 4.78 is 0. The molecule has 0 aliphatic heterocycles. The number of hydrogen-bond acceptors (Lipinski definition) is 2. The Morgan fingerprint density at radius 3 is 2.33 bits per heavy atom. The van der Waals surface area contributed by atoms with Gasteiger partial charge in [-0.3, -0.25) is 4.79 Å². The Balaban J connectivity index is 3.72. The minimum atomic E-state index is 0.151. The van der Waals surface area contributed by atoms with Crippen LogP contribution in [0, 0.1) is 0 Å². The molecule has 90 valence electrons. The van der Waals surface area contributed by atoms with E-state index >= 15 is 0 Å². The van der Waals surface area contributed by atoms with Gasteiger partial charge in [0.25, 0.3) is 0 Å². The monoisotopic (exact) mass is 214 g/mol. The third-order valence-corrected chi connectivity index (χ3v) is 3.04. The van der Waals surface area contributed by atoms with Crippen molar-refractivity contribution in [3.05, 3.63) is 0 Å². The lowest BCUT2D eigenvalue weighted by Crippen LogP contribution is -2.34. The van der Waals surface area contributed by atoms with Crippen LogP contribution in [0.4, 0.5) is 0 Å². The molecule has 0 bridgehead atoms. The van der Waals surface area contributed by atoms with Gasteiger partial charge in [0.15, 0.2) is 0 Å². The van der Waals surface area contributed by atoms with Crippen LogP contribution in [0.3, 0.4) is 0 Å². The van der Waals surface area contributed by atoms with E-state index in [4.69, 9.17) is 0 Å². The van der Waals surface area contributed by atoms with Crippen LogP contribution in [0.15, 0.2) is 0 Å². The zero-order valence-corrected chi connectivity index (χ0v) is 10.9. The van der Waals surface area contributed by atoms with Crippen LogP contribution in [-0.2, 0) is 4.79 Å². The molecule has 0 spiro atoms. The Labute approximate surface area is 94.4 Å². The number of amides is 1. The van der Waals surface area contributed by atoms with Gasteiger partial charge in [-0.2, -0.15) is 0 Å². The van der Waals surface area contributed by atoms with Crippen molar-refractivity contribution in [1.82, 2.24) is 9.80 Å². The summed E-state index contributed by atoms with van der Waals surface area (Å²) >= 11 is 0. The minimum Gasteiger partial charge on any atom is -0.346 e. The third kappa shape index (κ3) is 6.50. The molecule has 15 heavy (non-hydrogen) atoms. The highest BCUT2D eigenvalue weighted by Crippen LogP contribution is 2.04. The number of carbonyl (C=O) groups is 1. The minimum absolute atomic E-state index is 0.151. The lowest BCUT2D eigenvalue weighted by Gasteiger charge is -2.26. The molecule has 0 fully saturated rings. The van der Waals surface area contributed by atoms with Gasteiger partial charge >= 0.3 is 0 Å². The van der Waals surface area contributed by atoms with Crippen LogP contribution in [0.2, 0.25) is 0 Å². The van der Waals surface area contributed by atoms with E-state index in [0.29, 0.717) is 6.04 Å². The zero-order valence-electron chi connectivity index (χ0n) is 10.9. The summed E-state index contributed by atoms with van der Waals surface area (Å²) in [5.74, 6) is 0.151. The Hall–Kier alpha value is -0.570. The number of rotatable bonds is 7. The van der Waals surface area contributed by atoms with Crippen LogP contribution >= 0.6 is 0 Å². The maximum Gasteiger partial charge on any atom is 0.219 e. The van der Waals surface area contributed by atoms with Gasteiger partial charge in [0.05, 0.1) is 0 Å². The molecule has 3 nitrogen and oxygen atoms in total. The first-order valence-corrected chi connectivity index (χ1v) is 5.91. The third-order valence-electron chi connectivity index (χ3n) is 3.04. The molecule has 0 aliphatic rings. The summed E-state index contributed by atoms with van der Waals surface area (Å²) in [6, 6.07) is 0.554. The van der Waals surface area contributed by atoms with Crippen molar-refractivity contribution in [2.24, 2.45) is 0 Å². The molecule has 1 unspecified atom stereocenters. The molecule has 0 radical (unpaired) electrons. The van der Waals surface area contributed by atoms with Gasteiger partial charge in [-0.25, -0.2) is 0 Å². The Bertz CT molecular complexity index is 182. The molecule has 0 saturated heterocycles. The van der Waals surface area contributed by atoms with Crippen LogP contribution < -0.4 is 0 Å². The predicted octanol–water partition coefficient (Wildman–Crippen LogP) is 1.98. The van der Waals surface area contributed by atoms with Gasteiger partial charge < -0.3 is 9.80 Å². The molecule has 3 heteroatoms. The Morgan fingerprint density at radius 2 is 1.87 bits per heavy atom. The van der Waals surface area contributed by atoms with Gasteiger partial charge in [-0.15, -0.1) is 0 Å². The van der Waals surface area contributed by atoms with Crippen LogP contribution in [0.1, 0.15) is 40.0 Å². The standard InChI is InChI=1S/C12H26N2O/c1-6-7-9-13(4)11(2)8-10-14(5)12(3)15/h11H,6-10H2,1-5H3. The summed E-state index contributed by atoms with van der Waals surface area (Å²) in [5, 5.41) is 0. The molecule has 0 aromatic heterocycles. The first-order chi connectivity index (χ1) is 6.99. The van der Waals surface area contributed by atoms with Crippen molar-refractivity contribution >= 4 is 5.91 Å². The molecule has 0 aromatic carbocycles. The lowest BCUT2D eigenvalue weighted by atomic mass is 10.2. The Morgan fingerprint density at radius 1 is 1.27 bits per heavy atom. The van der Waals surface area contributed by atoms with Gasteiger partial charge in [0, 0.05) is 26.6 Å². The molecule has 1 amide bonds. The highest BCUT2D eigenvalue weighted by Gasteiger charge is 2.10. The molecule has 1 atom stereocenters. The van der Waals surface area contributed by atoms with Crippen molar-refractivity contribution in [1.29, 1.82) is 0 Å². The zero-order chi connectivity index (χ0) is 11.8. The van der Waals surface area contributed by atoms with Gasteiger partial charge in [0.2, 0.25) is 5.91 Å². The van der Waals surface area contributed by atoms with E-state index in [0.717, 1.165) is 19.5 Å². The van der Waals surface area contributed by atoms with E-state index < -0.39 is 0 Å². The molecule has 0 saturated carbocycles. The van der Waals surface area contributed by atoms with Crippen molar-refractivity contribution in [2.45, 2.75) is 46.1 Å². The highest BCUT2D eigenvalue weighted by atomic mass is 16.2. The fourth-order valence-electron chi connectivity index (χ4n) is 1.39. The van der Waals surface area contributed by atoms with Crippen LogP contribution in [0.25, 0.3) is 0 Å². The molecule has 0 heterocycles. The topological polar surface area (TPSA) is 23.6 Å². The first-order valence-electron chi connectivity index (χ1n) is 5.91. The highest BCUT2D eigenvalue weighted by molar-refractivity contribution is 5.72. The van der Waals surface area contributed by atoms with E-state index in [9.17, 15) is 4.79 Å².